The molecular weight excluding hydrogens is 359 g/mol. The Morgan fingerprint density at radius 3 is 2.12 bits per heavy atom. The predicted molar refractivity (Wildman–Crippen MR) is 105 cm³/mol. The number of hydrogen-bond donors (Lipinski definition) is 0. The molecule has 0 aromatic heterocycles. The molecule has 0 spiro atoms. The smallest absolute Gasteiger partial charge is 0.344 e. The van der Waals surface area contributed by atoms with Crippen LogP contribution in [0.3, 0.4) is 0 Å². The van der Waals surface area contributed by atoms with Gasteiger partial charge in [0.2, 0.25) is 0 Å². The SMILES string of the molecule is CCCCCCCCCCCCOC(=O)COc1ccc(Cl)cc1Cl. The molecule has 0 unspecified atom stereocenters. The molecule has 1 rings (SSSR count). The average molecular weight is 389 g/mol. The lowest BCUT2D eigenvalue weighted by atomic mass is 10.1. The lowest BCUT2D eigenvalue weighted by Crippen LogP contribution is -2.15. The minimum Gasteiger partial charge on any atom is -0.480 e. The Balaban J connectivity index is 1.95. The zero-order valence-corrected chi connectivity index (χ0v) is 16.7. The molecule has 0 amide bonds. The highest BCUT2D eigenvalue weighted by Crippen LogP contribution is 2.27. The van der Waals surface area contributed by atoms with E-state index in [1.807, 2.05) is 0 Å². The number of benzene rings is 1. The Morgan fingerprint density at radius 2 is 1.52 bits per heavy atom. The van der Waals surface area contributed by atoms with Gasteiger partial charge in [-0.2, -0.15) is 0 Å². The summed E-state index contributed by atoms with van der Waals surface area (Å²) < 4.78 is 10.5. The van der Waals surface area contributed by atoms with Crippen molar-refractivity contribution in [1.82, 2.24) is 0 Å². The van der Waals surface area contributed by atoms with Crippen LogP contribution in [0.5, 0.6) is 5.75 Å². The fraction of sp³-hybridized carbons (Fsp3) is 0.650. The third-order valence-corrected chi connectivity index (χ3v) is 4.53. The first-order valence-corrected chi connectivity index (χ1v) is 10.1. The molecular formula is C20H30Cl2O3. The molecule has 5 heteroatoms. The maximum Gasteiger partial charge on any atom is 0.344 e. The van der Waals surface area contributed by atoms with Gasteiger partial charge < -0.3 is 9.47 Å². The lowest BCUT2D eigenvalue weighted by Gasteiger charge is -2.08. The van der Waals surface area contributed by atoms with Crippen LogP contribution in [0.15, 0.2) is 18.2 Å². The second-order valence-electron chi connectivity index (χ2n) is 6.27. The van der Waals surface area contributed by atoms with Gasteiger partial charge in [-0.05, 0) is 24.6 Å². The van der Waals surface area contributed by atoms with Crippen LogP contribution in [-0.4, -0.2) is 19.2 Å². The molecule has 0 aliphatic heterocycles. The maximum absolute atomic E-state index is 11.6. The molecule has 0 radical (unpaired) electrons. The van der Waals surface area contributed by atoms with Gasteiger partial charge >= 0.3 is 5.97 Å². The summed E-state index contributed by atoms with van der Waals surface area (Å²) in [6.07, 6.45) is 12.6. The molecule has 0 saturated carbocycles. The molecule has 1 aromatic rings. The molecule has 0 aliphatic carbocycles. The van der Waals surface area contributed by atoms with Crippen molar-refractivity contribution in [3.05, 3.63) is 28.2 Å². The Bertz CT molecular complexity index is 492. The van der Waals surface area contributed by atoms with Gasteiger partial charge in [-0.1, -0.05) is 87.9 Å². The predicted octanol–water partition coefficient (Wildman–Crippen LogP) is 6.84. The highest BCUT2D eigenvalue weighted by Gasteiger charge is 2.07. The van der Waals surface area contributed by atoms with E-state index in [9.17, 15) is 4.79 Å². The highest BCUT2D eigenvalue weighted by molar-refractivity contribution is 6.35. The van der Waals surface area contributed by atoms with Gasteiger partial charge in [0, 0.05) is 5.02 Å². The lowest BCUT2D eigenvalue weighted by molar-refractivity contribution is -0.146. The zero-order valence-electron chi connectivity index (χ0n) is 15.2. The van der Waals surface area contributed by atoms with Crippen LogP contribution in [0.1, 0.15) is 71.1 Å². The van der Waals surface area contributed by atoms with Crippen LogP contribution < -0.4 is 4.74 Å². The Labute approximate surface area is 162 Å². The van der Waals surface area contributed by atoms with E-state index in [0.717, 1.165) is 12.8 Å². The van der Waals surface area contributed by atoms with E-state index in [4.69, 9.17) is 32.7 Å². The van der Waals surface area contributed by atoms with Crippen molar-refractivity contribution in [2.75, 3.05) is 13.2 Å². The van der Waals surface area contributed by atoms with Crippen molar-refractivity contribution in [2.24, 2.45) is 0 Å². The van der Waals surface area contributed by atoms with Crippen LogP contribution >= 0.6 is 23.2 Å². The van der Waals surface area contributed by atoms with Crippen LogP contribution in [-0.2, 0) is 9.53 Å². The average Bonchev–Trinajstić information content (AvgIpc) is 2.59. The molecule has 25 heavy (non-hydrogen) atoms. The quantitative estimate of drug-likeness (QED) is 0.258. The molecule has 0 aliphatic rings. The van der Waals surface area contributed by atoms with Crippen LogP contribution in [0.25, 0.3) is 0 Å². The fourth-order valence-electron chi connectivity index (χ4n) is 2.55. The molecule has 0 N–H and O–H groups in total. The van der Waals surface area contributed by atoms with Crippen molar-refractivity contribution in [3.63, 3.8) is 0 Å². The van der Waals surface area contributed by atoms with E-state index in [0.29, 0.717) is 22.4 Å². The van der Waals surface area contributed by atoms with E-state index in [-0.39, 0.29) is 12.6 Å². The van der Waals surface area contributed by atoms with E-state index in [1.54, 1.807) is 18.2 Å². The van der Waals surface area contributed by atoms with Gasteiger partial charge in [0.25, 0.3) is 0 Å². The van der Waals surface area contributed by atoms with Gasteiger partial charge in [0.05, 0.1) is 11.6 Å². The van der Waals surface area contributed by atoms with Crippen molar-refractivity contribution < 1.29 is 14.3 Å². The summed E-state index contributed by atoms with van der Waals surface area (Å²) in [6, 6.07) is 4.88. The van der Waals surface area contributed by atoms with Gasteiger partial charge in [-0.25, -0.2) is 4.79 Å². The molecule has 0 atom stereocenters. The first-order valence-electron chi connectivity index (χ1n) is 9.37. The summed E-state index contributed by atoms with van der Waals surface area (Å²) in [5, 5.41) is 0.913. The minimum atomic E-state index is -0.373. The molecule has 0 saturated heterocycles. The van der Waals surface area contributed by atoms with E-state index < -0.39 is 0 Å². The summed E-state index contributed by atoms with van der Waals surface area (Å²) >= 11 is 11.8. The second kappa shape index (κ2) is 14.3. The molecule has 1 aromatic carbocycles. The summed E-state index contributed by atoms with van der Waals surface area (Å²) in [5.74, 6) is 0.0592. The van der Waals surface area contributed by atoms with Gasteiger partial charge in [0.1, 0.15) is 5.75 Å². The van der Waals surface area contributed by atoms with E-state index in [2.05, 4.69) is 6.92 Å². The van der Waals surface area contributed by atoms with E-state index >= 15 is 0 Å². The second-order valence-corrected chi connectivity index (χ2v) is 7.11. The standard InChI is InChI=1S/C20H30Cl2O3/c1-2-3-4-5-6-7-8-9-10-11-14-24-20(23)16-25-19-13-12-17(21)15-18(19)22/h12-13,15H,2-11,14,16H2,1H3. The van der Waals surface area contributed by atoms with Crippen LogP contribution in [0.4, 0.5) is 0 Å². The Kier molecular flexibility index (Phi) is 12.6. The van der Waals surface area contributed by atoms with Gasteiger partial charge in [-0.15, -0.1) is 0 Å². The van der Waals surface area contributed by atoms with Crippen molar-refractivity contribution in [3.8, 4) is 5.75 Å². The molecule has 0 bridgehead atoms. The van der Waals surface area contributed by atoms with Crippen LogP contribution in [0.2, 0.25) is 10.0 Å². The van der Waals surface area contributed by atoms with Crippen molar-refractivity contribution >= 4 is 29.2 Å². The number of carbonyl (C=O) groups excluding carboxylic acids is 1. The van der Waals surface area contributed by atoms with Gasteiger partial charge in [0.15, 0.2) is 6.61 Å². The summed E-state index contributed by atoms with van der Waals surface area (Å²) in [7, 11) is 0. The third kappa shape index (κ3) is 11.3. The van der Waals surface area contributed by atoms with Crippen molar-refractivity contribution in [2.45, 2.75) is 71.1 Å². The summed E-state index contributed by atoms with van der Waals surface area (Å²) in [6.45, 7) is 2.55. The summed E-state index contributed by atoms with van der Waals surface area (Å²) in [5.41, 5.74) is 0. The van der Waals surface area contributed by atoms with E-state index in [1.165, 1.54) is 51.4 Å². The Morgan fingerprint density at radius 1 is 0.920 bits per heavy atom. The monoisotopic (exact) mass is 388 g/mol. The number of esters is 1. The maximum atomic E-state index is 11.6. The zero-order chi connectivity index (χ0) is 18.3. The molecule has 142 valence electrons. The third-order valence-electron chi connectivity index (χ3n) is 4.00. The normalized spacial score (nSPS) is 10.7. The molecule has 3 nitrogen and oxygen atoms in total. The van der Waals surface area contributed by atoms with Crippen LogP contribution in [0, 0.1) is 0 Å². The molecule has 0 heterocycles. The number of rotatable bonds is 14. The fourth-order valence-corrected chi connectivity index (χ4v) is 3.01. The first kappa shape index (κ1) is 22.1. The topological polar surface area (TPSA) is 35.5 Å². The molecule has 0 fully saturated rings. The number of unbranched alkanes of at least 4 members (excludes halogenated alkanes) is 9. The van der Waals surface area contributed by atoms with Gasteiger partial charge in [-0.3, -0.25) is 0 Å². The summed E-state index contributed by atoms with van der Waals surface area (Å²) in [4.78, 5) is 11.6. The largest absolute Gasteiger partial charge is 0.480 e. The number of carbonyl (C=O) groups is 1. The van der Waals surface area contributed by atoms with Crippen molar-refractivity contribution in [1.29, 1.82) is 0 Å². The number of halogens is 2. The first-order chi connectivity index (χ1) is 12.1. The number of ether oxygens (including phenoxy) is 2. The number of hydrogen-bond acceptors (Lipinski definition) is 3. The Hall–Kier alpha value is -0.930. The highest BCUT2D eigenvalue weighted by atomic mass is 35.5. The minimum absolute atomic E-state index is 0.140.